The molecule has 5 nitrogen and oxygen atoms in total. The summed E-state index contributed by atoms with van der Waals surface area (Å²) in [5.41, 5.74) is 0. The number of carbonyl (C=O) groups excluding carboxylic acids is 1. The molecule has 1 saturated heterocycles. The van der Waals surface area contributed by atoms with Crippen LogP contribution < -0.4 is 0 Å². The fraction of sp³-hybridized carbons (Fsp3) is 0.864. The molecule has 1 rings (SSSR count). The molecule has 0 amide bonds. The molecule has 0 aromatic carbocycles. The Balaban J connectivity index is 2.66. The predicted molar refractivity (Wildman–Crippen MR) is 116 cm³/mol. The summed E-state index contributed by atoms with van der Waals surface area (Å²) in [6, 6.07) is 0. The zero-order valence-corrected chi connectivity index (χ0v) is 20.4. The van der Waals surface area contributed by atoms with Crippen molar-refractivity contribution in [3.8, 4) is 0 Å². The van der Waals surface area contributed by atoms with E-state index in [1.54, 1.807) is 6.92 Å². The van der Waals surface area contributed by atoms with Crippen LogP contribution >= 0.6 is 0 Å². The van der Waals surface area contributed by atoms with Crippen molar-refractivity contribution in [3.63, 3.8) is 0 Å². The highest BCUT2D eigenvalue weighted by Crippen LogP contribution is 2.40. The second-order valence-electron chi connectivity index (χ2n) is 9.52. The van der Waals surface area contributed by atoms with Crippen LogP contribution in [0.1, 0.15) is 67.7 Å². The van der Waals surface area contributed by atoms with E-state index in [0.29, 0.717) is 12.5 Å². The van der Waals surface area contributed by atoms with Gasteiger partial charge in [-0.25, -0.2) is 4.79 Å². The predicted octanol–water partition coefficient (Wildman–Crippen LogP) is 5.45. The summed E-state index contributed by atoms with van der Waals surface area (Å²) in [4.78, 5) is 11.4. The van der Waals surface area contributed by atoms with E-state index < -0.39 is 8.32 Å². The molecule has 0 saturated carbocycles. The van der Waals surface area contributed by atoms with Gasteiger partial charge in [-0.2, -0.15) is 0 Å². The lowest BCUT2D eigenvalue weighted by molar-refractivity contribution is -0.259. The number of hydrogen-bond acceptors (Lipinski definition) is 5. The Kier molecular flexibility index (Phi) is 9.87. The Hall–Kier alpha value is -0.693. The normalized spacial score (nSPS) is 27.8. The zero-order chi connectivity index (χ0) is 21.5. The van der Waals surface area contributed by atoms with Gasteiger partial charge in [-0.3, -0.25) is 0 Å². The van der Waals surface area contributed by atoms with Gasteiger partial charge in [0.15, 0.2) is 14.6 Å². The third-order valence-electron chi connectivity index (χ3n) is 5.96. The van der Waals surface area contributed by atoms with E-state index in [1.165, 1.54) is 6.08 Å². The van der Waals surface area contributed by atoms with Crippen LogP contribution in [0.2, 0.25) is 18.1 Å². The van der Waals surface area contributed by atoms with Crippen LogP contribution in [0.3, 0.4) is 0 Å². The van der Waals surface area contributed by atoms with Gasteiger partial charge in [0.1, 0.15) is 0 Å². The average molecular weight is 415 g/mol. The monoisotopic (exact) mass is 414 g/mol. The van der Waals surface area contributed by atoms with Gasteiger partial charge in [0.05, 0.1) is 24.9 Å². The van der Waals surface area contributed by atoms with Gasteiger partial charge in [0.25, 0.3) is 0 Å². The zero-order valence-electron chi connectivity index (χ0n) is 19.4. The Labute approximate surface area is 173 Å². The molecule has 0 aromatic rings. The fourth-order valence-electron chi connectivity index (χ4n) is 2.88. The highest BCUT2D eigenvalue weighted by atomic mass is 28.4. The molecular formula is C22H42O5Si. The van der Waals surface area contributed by atoms with Crippen molar-refractivity contribution < 1.29 is 23.4 Å². The first-order valence-corrected chi connectivity index (χ1v) is 13.6. The van der Waals surface area contributed by atoms with Crippen molar-refractivity contribution in [2.75, 3.05) is 6.61 Å². The number of carbonyl (C=O) groups is 1. The fourth-order valence-corrected chi connectivity index (χ4v) is 4.20. The van der Waals surface area contributed by atoms with Crippen LogP contribution in [0, 0.1) is 5.92 Å². The SMILES string of the molecule is CCOC(=O)/C=C\CC[C@@H](C)O[C@@H]1O[C@@H](C)[C@H](C)C[C@H]1O[Si](C)(C)C(C)(C)C. The Morgan fingerprint density at radius 1 is 1.29 bits per heavy atom. The summed E-state index contributed by atoms with van der Waals surface area (Å²) in [6.07, 6.45) is 5.64. The van der Waals surface area contributed by atoms with E-state index in [0.717, 1.165) is 19.3 Å². The van der Waals surface area contributed by atoms with Crippen LogP contribution in [-0.4, -0.2) is 45.5 Å². The molecule has 1 aliphatic heterocycles. The van der Waals surface area contributed by atoms with E-state index in [9.17, 15) is 4.79 Å². The molecule has 1 heterocycles. The standard InChI is InChI=1S/C22H42O5Si/c1-10-24-20(23)14-12-11-13-17(3)25-21-19(15-16(2)18(4)26-21)27-28(8,9)22(5,6)7/h12,14,16-19,21H,10-11,13,15H2,1-9H3/b14-12-/t16-,17-,18+,19-,21-/m1/s1. The molecule has 0 bridgehead atoms. The van der Waals surface area contributed by atoms with Crippen molar-refractivity contribution in [2.24, 2.45) is 5.92 Å². The van der Waals surface area contributed by atoms with E-state index in [4.69, 9.17) is 18.6 Å². The summed E-state index contributed by atoms with van der Waals surface area (Å²) in [7, 11) is -1.91. The molecule has 1 aliphatic rings. The second kappa shape index (κ2) is 10.9. The van der Waals surface area contributed by atoms with Crippen molar-refractivity contribution >= 4 is 14.3 Å². The number of esters is 1. The quantitative estimate of drug-likeness (QED) is 0.285. The lowest BCUT2D eigenvalue weighted by atomic mass is 9.95. The Bertz CT molecular complexity index is 512. The lowest BCUT2D eigenvalue weighted by Crippen LogP contribution is -2.53. The van der Waals surface area contributed by atoms with Gasteiger partial charge in [-0.05, 0) is 64.1 Å². The molecule has 0 spiro atoms. The molecule has 0 N–H and O–H groups in total. The number of hydrogen-bond donors (Lipinski definition) is 0. The first-order valence-electron chi connectivity index (χ1n) is 10.7. The first-order chi connectivity index (χ1) is 12.9. The van der Waals surface area contributed by atoms with Gasteiger partial charge in [0.2, 0.25) is 0 Å². The smallest absolute Gasteiger partial charge is 0.330 e. The van der Waals surface area contributed by atoms with Crippen molar-refractivity contribution in [1.82, 2.24) is 0 Å². The van der Waals surface area contributed by atoms with Gasteiger partial charge in [0, 0.05) is 6.08 Å². The van der Waals surface area contributed by atoms with Crippen molar-refractivity contribution in [3.05, 3.63) is 12.2 Å². The number of ether oxygens (including phenoxy) is 3. The highest BCUT2D eigenvalue weighted by Gasteiger charge is 2.44. The Morgan fingerprint density at radius 2 is 1.93 bits per heavy atom. The topological polar surface area (TPSA) is 54.0 Å². The van der Waals surface area contributed by atoms with E-state index >= 15 is 0 Å². The summed E-state index contributed by atoms with van der Waals surface area (Å²) in [5.74, 6) is 0.148. The van der Waals surface area contributed by atoms with E-state index in [-0.39, 0.29) is 35.6 Å². The third kappa shape index (κ3) is 7.97. The summed E-state index contributed by atoms with van der Waals surface area (Å²) in [6.45, 7) is 19.9. The number of rotatable bonds is 9. The third-order valence-corrected chi connectivity index (χ3v) is 10.5. The van der Waals surface area contributed by atoms with Crippen LogP contribution in [0.4, 0.5) is 0 Å². The van der Waals surface area contributed by atoms with E-state index in [1.807, 2.05) is 13.0 Å². The molecule has 1 fully saturated rings. The van der Waals surface area contributed by atoms with Crippen LogP contribution in [0.5, 0.6) is 0 Å². The van der Waals surface area contributed by atoms with Crippen molar-refractivity contribution in [1.29, 1.82) is 0 Å². The molecule has 6 heteroatoms. The molecule has 28 heavy (non-hydrogen) atoms. The molecular weight excluding hydrogens is 372 g/mol. The number of allylic oxidation sites excluding steroid dienone is 1. The minimum Gasteiger partial charge on any atom is -0.463 e. The largest absolute Gasteiger partial charge is 0.463 e. The van der Waals surface area contributed by atoms with E-state index in [2.05, 4.69) is 47.7 Å². The van der Waals surface area contributed by atoms with Gasteiger partial charge in [-0.1, -0.05) is 33.8 Å². The molecule has 0 unspecified atom stereocenters. The van der Waals surface area contributed by atoms with Crippen LogP contribution in [-0.2, 0) is 23.4 Å². The summed E-state index contributed by atoms with van der Waals surface area (Å²) in [5, 5.41) is 0.146. The maximum Gasteiger partial charge on any atom is 0.330 e. The minimum atomic E-state index is -1.91. The highest BCUT2D eigenvalue weighted by molar-refractivity contribution is 6.74. The summed E-state index contributed by atoms with van der Waals surface area (Å²) >= 11 is 0. The maximum atomic E-state index is 11.4. The molecule has 5 atom stereocenters. The van der Waals surface area contributed by atoms with Crippen molar-refractivity contribution in [2.45, 2.75) is 110 Å². The molecule has 0 radical (unpaired) electrons. The average Bonchev–Trinajstić information content (AvgIpc) is 2.55. The van der Waals surface area contributed by atoms with Crippen LogP contribution in [0.15, 0.2) is 12.2 Å². The van der Waals surface area contributed by atoms with Crippen LogP contribution in [0.25, 0.3) is 0 Å². The second-order valence-corrected chi connectivity index (χ2v) is 14.3. The molecule has 0 aliphatic carbocycles. The summed E-state index contributed by atoms with van der Waals surface area (Å²) < 4.78 is 24.0. The molecule has 164 valence electrons. The first kappa shape index (κ1) is 25.3. The lowest BCUT2D eigenvalue weighted by Gasteiger charge is -2.45. The van der Waals surface area contributed by atoms with Gasteiger partial charge in [-0.15, -0.1) is 0 Å². The van der Waals surface area contributed by atoms with Gasteiger partial charge >= 0.3 is 5.97 Å². The Morgan fingerprint density at radius 3 is 2.50 bits per heavy atom. The minimum absolute atomic E-state index is 0.0166. The maximum absolute atomic E-state index is 11.4. The molecule has 0 aromatic heterocycles. The van der Waals surface area contributed by atoms with Gasteiger partial charge < -0.3 is 18.6 Å².